The highest BCUT2D eigenvalue weighted by Crippen LogP contribution is 2.42. The van der Waals surface area contributed by atoms with Gasteiger partial charge in [0.05, 0.1) is 31.9 Å². The quantitative estimate of drug-likeness (QED) is 0.565. The third kappa shape index (κ3) is 3.26. The van der Waals surface area contributed by atoms with Crippen molar-refractivity contribution in [3.05, 3.63) is 29.6 Å². The smallest absolute Gasteiger partial charge is 0.329 e. The van der Waals surface area contributed by atoms with Gasteiger partial charge in [-0.05, 0) is 50.8 Å². The Hall–Kier alpha value is -2.48. The van der Waals surface area contributed by atoms with Crippen LogP contribution in [0, 0.1) is 11.7 Å². The highest BCUT2D eigenvalue weighted by Gasteiger charge is 2.56. The molecular formula is C20H26FN4O3+. The lowest BCUT2D eigenvalue weighted by Crippen LogP contribution is -3.16. The number of quaternary nitrogens is 1. The summed E-state index contributed by atoms with van der Waals surface area (Å²) in [6, 6.07) is 4.27. The topological polar surface area (TPSA) is 74.2 Å². The van der Waals surface area contributed by atoms with Crippen molar-refractivity contribution in [2.24, 2.45) is 5.92 Å². The molecule has 0 bridgehead atoms. The molecule has 0 radical (unpaired) electrons. The first-order valence-corrected chi connectivity index (χ1v) is 9.82. The number of urea groups is 1. The number of nitrogens with zero attached hydrogens (tertiary/aromatic N) is 2. The van der Waals surface area contributed by atoms with Crippen molar-refractivity contribution in [3.63, 3.8) is 0 Å². The van der Waals surface area contributed by atoms with Gasteiger partial charge in [-0.15, -0.1) is 0 Å². The summed E-state index contributed by atoms with van der Waals surface area (Å²) in [5, 5.41) is 2.87. The average Bonchev–Trinajstić information content (AvgIpc) is 3.48. The lowest BCUT2D eigenvalue weighted by molar-refractivity contribution is -0.907. The molecule has 1 aliphatic carbocycles. The molecule has 1 aromatic rings. The highest BCUT2D eigenvalue weighted by atomic mass is 19.1. The van der Waals surface area contributed by atoms with Crippen molar-refractivity contribution in [3.8, 4) is 0 Å². The summed E-state index contributed by atoms with van der Waals surface area (Å²) < 4.78 is 14.4. The third-order valence-corrected chi connectivity index (χ3v) is 6.24. The second-order valence-corrected chi connectivity index (χ2v) is 8.26. The summed E-state index contributed by atoms with van der Waals surface area (Å²) in [5.74, 6) is -0.431. The molecule has 2 saturated heterocycles. The fourth-order valence-corrected chi connectivity index (χ4v) is 4.22. The number of halogens is 1. The molecule has 0 spiro atoms. The van der Waals surface area contributed by atoms with Crippen molar-refractivity contribution in [1.82, 2.24) is 10.2 Å². The molecule has 8 heteroatoms. The van der Waals surface area contributed by atoms with Crippen LogP contribution in [0.25, 0.3) is 0 Å². The van der Waals surface area contributed by atoms with Gasteiger partial charge in [-0.2, -0.15) is 0 Å². The summed E-state index contributed by atoms with van der Waals surface area (Å²) in [6.45, 7) is 6.22. The fourth-order valence-electron chi connectivity index (χ4n) is 4.22. The summed E-state index contributed by atoms with van der Waals surface area (Å²) in [4.78, 5) is 40.9. The lowest BCUT2D eigenvalue weighted by Gasteiger charge is -2.35. The van der Waals surface area contributed by atoms with Crippen LogP contribution in [-0.4, -0.2) is 61.0 Å². The predicted molar refractivity (Wildman–Crippen MR) is 101 cm³/mol. The zero-order chi connectivity index (χ0) is 20.1. The molecule has 3 amide bonds. The Bertz CT molecular complexity index is 833. The molecule has 150 valence electrons. The molecule has 0 unspecified atom stereocenters. The van der Waals surface area contributed by atoms with E-state index in [0.29, 0.717) is 44.1 Å². The Kier molecular flexibility index (Phi) is 4.61. The van der Waals surface area contributed by atoms with Crippen molar-refractivity contribution < 1.29 is 23.7 Å². The Morgan fingerprint density at radius 3 is 2.54 bits per heavy atom. The number of benzene rings is 1. The standard InChI is InChI=1S/C20H25FN4O3/c1-13(26)14-3-6-17(16(21)11-14)24-9-7-23(8-10-24)12-25-18(27)20(2,15-4-5-15)22-19(25)28/h3,6,11,15H,4-5,7-10,12H2,1-2H3,(H,22,28)/p+1/t20-/m1/s1. The van der Waals surface area contributed by atoms with Crippen LogP contribution in [0.4, 0.5) is 14.9 Å². The van der Waals surface area contributed by atoms with E-state index in [2.05, 4.69) is 5.32 Å². The highest BCUT2D eigenvalue weighted by molar-refractivity contribution is 6.07. The number of imide groups is 1. The fraction of sp³-hybridized carbons (Fsp3) is 0.550. The maximum atomic E-state index is 14.4. The van der Waals surface area contributed by atoms with Crippen molar-refractivity contribution in [2.75, 3.05) is 37.7 Å². The number of hydrogen-bond donors (Lipinski definition) is 2. The van der Waals surface area contributed by atoms with Gasteiger partial charge in [0.15, 0.2) is 12.5 Å². The van der Waals surface area contributed by atoms with E-state index >= 15 is 0 Å². The van der Waals surface area contributed by atoms with E-state index in [-0.39, 0.29) is 23.6 Å². The molecule has 1 aromatic carbocycles. The number of rotatable bonds is 5. The van der Waals surface area contributed by atoms with E-state index in [0.717, 1.165) is 17.7 Å². The molecule has 28 heavy (non-hydrogen) atoms. The van der Waals surface area contributed by atoms with Gasteiger partial charge in [-0.1, -0.05) is 0 Å². The molecule has 0 aromatic heterocycles. The first-order valence-electron chi connectivity index (χ1n) is 9.82. The largest absolute Gasteiger partial charge is 0.358 e. The second-order valence-electron chi connectivity index (χ2n) is 8.26. The molecule has 2 N–H and O–H groups in total. The molecule has 7 nitrogen and oxygen atoms in total. The van der Waals surface area contributed by atoms with E-state index in [9.17, 15) is 18.8 Å². The van der Waals surface area contributed by atoms with Gasteiger partial charge in [-0.3, -0.25) is 9.59 Å². The van der Waals surface area contributed by atoms with Crippen LogP contribution < -0.4 is 15.1 Å². The number of carbonyl (C=O) groups is 3. The predicted octanol–water partition coefficient (Wildman–Crippen LogP) is 0.411. The Morgan fingerprint density at radius 2 is 1.96 bits per heavy atom. The zero-order valence-corrected chi connectivity index (χ0v) is 16.3. The monoisotopic (exact) mass is 389 g/mol. The van der Waals surface area contributed by atoms with Crippen LogP contribution in [0.5, 0.6) is 0 Å². The van der Waals surface area contributed by atoms with Gasteiger partial charge in [0.2, 0.25) is 0 Å². The molecule has 3 fully saturated rings. The number of ketones is 1. The summed E-state index contributed by atoms with van der Waals surface area (Å²) >= 11 is 0. The molecule has 3 aliphatic rings. The number of hydrogen-bond acceptors (Lipinski definition) is 4. The van der Waals surface area contributed by atoms with Crippen molar-refractivity contribution in [1.29, 1.82) is 0 Å². The number of nitrogens with one attached hydrogen (secondary N) is 2. The lowest BCUT2D eigenvalue weighted by atomic mass is 9.96. The zero-order valence-electron chi connectivity index (χ0n) is 16.3. The molecule has 2 aliphatic heterocycles. The van der Waals surface area contributed by atoms with Gasteiger partial charge in [0, 0.05) is 5.56 Å². The number of anilines is 1. The first kappa shape index (κ1) is 18.9. The van der Waals surface area contributed by atoms with Crippen LogP contribution in [0.3, 0.4) is 0 Å². The van der Waals surface area contributed by atoms with Gasteiger partial charge < -0.3 is 15.1 Å². The Balaban J connectivity index is 1.36. The normalized spacial score (nSPS) is 26.0. The maximum absolute atomic E-state index is 14.4. The third-order valence-electron chi connectivity index (χ3n) is 6.24. The number of piperazine rings is 1. The summed E-state index contributed by atoms with van der Waals surface area (Å²) in [5.41, 5.74) is 0.100. The van der Waals surface area contributed by atoms with Crippen LogP contribution in [0.2, 0.25) is 0 Å². The minimum Gasteiger partial charge on any atom is -0.358 e. The van der Waals surface area contributed by atoms with Gasteiger partial charge in [0.1, 0.15) is 11.4 Å². The van der Waals surface area contributed by atoms with Crippen LogP contribution in [-0.2, 0) is 4.79 Å². The first-order chi connectivity index (χ1) is 13.3. The van der Waals surface area contributed by atoms with Crippen molar-refractivity contribution >= 4 is 23.4 Å². The number of Topliss-reactive ketones (excluding diaryl/α,β-unsaturated/α-hetero) is 1. The second kappa shape index (κ2) is 6.84. The number of amides is 3. The SMILES string of the molecule is CC(=O)c1ccc(N2CC[NH+](CN3C(=O)N[C@](C)(C4CC4)C3=O)CC2)c(F)c1. The van der Waals surface area contributed by atoms with Crippen LogP contribution in [0.1, 0.15) is 37.0 Å². The Labute approximate surface area is 163 Å². The van der Waals surface area contributed by atoms with E-state index < -0.39 is 11.4 Å². The van der Waals surface area contributed by atoms with E-state index in [4.69, 9.17) is 0 Å². The maximum Gasteiger partial charge on any atom is 0.329 e. The number of carbonyl (C=O) groups excluding carboxylic acids is 3. The van der Waals surface area contributed by atoms with Crippen molar-refractivity contribution in [2.45, 2.75) is 32.2 Å². The molecular weight excluding hydrogens is 363 g/mol. The summed E-state index contributed by atoms with van der Waals surface area (Å²) in [6.07, 6.45) is 1.96. The van der Waals surface area contributed by atoms with Crippen LogP contribution in [0.15, 0.2) is 18.2 Å². The van der Waals surface area contributed by atoms with Crippen LogP contribution >= 0.6 is 0 Å². The minimum absolute atomic E-state index is 0.124. The van der Waals surface area contributed by atoms with E-state index in [1.165, 1.54) is 17.9 Å². The molecule has 1 saturated carbocycles. The molecule has 1 atom stereocenters. The van der Waals surface area contributed by atoms with Gasteiger partial charge in [0.25, 0.3) is 5.91 Å². The summed E-state index contributed by atoms with van der Waals surface area (Å²) in [7, 11) is 0. The van der Waals surface area contributed by atoms with E-state index in [1.807, 2.05) is 11.8 Å². The van der Waals surface area contributed by atoms with Gasteiger partial charge in [-0.25, -0.2) is 14.1 Å². The minimum atomic E-state index is -0.750. The van der Waals surface area contributed by atoms with E-state index in [1.54, 1.807) is 12.1 Å². The van der Waals surface area contributed by atoms with Gasteiger partial charge >= 0.3 is 6.03 Å². The molecule has 2 heterocycles. The average molecular weight is 389 g/mol. The Morgan fingerprint density at radius 1 is 1.29 bits per heavy atom. The molecule has 4 rings (SSSR count).